The number of amides is 1. The first-order valence-corrected chi connectivity index (χ1v) is 15.0. The minimum absolute atomic E-state index is 0.0224. The molecular weight excluding hydrogens is 594 g/mol. The number of Topliss-reactive ketones (excluding diaryl/α,β-unsaturated/α-hetero) is 1. The number of halogens is 5. The molecule has 0 atom stereocenters. The van der Waals surface area contributed by atoms with Crippen LogP contribution in [-0.4, -0.2) is 50.5 Å². The first kappa shape index (κ1) is 30.9. The molecule has 0 unspecified atom stereocenters. The summed E-state index contributed by atoms with van der Waals surface area (Å²) in [5, 5.41) is 13.8. The molecule has 12 heteroatoms. The summed E-state index contributed by atoms with van der Waals surface area (Å²) in [4.78, 5) is 40.4. The maximum Gasteiger partial charge on any atom is 0.433 e. The molecule has 1 heterocycles. The van der Waals surface area contributed by atoms with Crippen molar-refractivity contribution in [2.24, 2.45) is 16.2 Å². The Kier molecular flexibility index (Phi) is 7.97. The number of aromatic nitrogens is 2. The highest BCUT2D eigenvalue weighted by molar-refractivity contribution is 6.40. The molecule has 2 aromatic rings. The van der Waals surface area contributed by atoms with E-state index in [2.05, 4.69) is 12.0 Å². The van der Waals surface area contributed by atoms with Crippen LogP contribution in [0, 0.1) is 16.2 Å². The van der Waals surface area contributed by atoms with Crippen LogP contribution in [0.5, 0.6) is 0 Å². The largest absolute Gasteiger partial charge is 0.481 e. The number of nitrogens with zero attached hydrogens (tertiary/aromatic N) is 3. The van der Waals surface area contributed by atoms with Gasteiger partial charge in [-0.15, -0.1) is 0 Å². The number of hydrogen-bond donors (Lipinski definition) is 1. The number of rotatable bonds is 8. The number of alkyl halides is 3. The van der Waals surface area contributed by atoms with Gasteiger partial charge in [-0.2, -0.15) is 18.3 Å². The molecule has 0 aliphatic heterocycles. The van der Waals surface area contributed by atoms with Crippen molar-refractivity contribution in [3.63, 3.8) is 0 Å². The van der Waals surface area contributed by atoms with E-state index in [0.717, 1.165) is 43.0 Å². The molecule has 1 N–H and O–H groups in total. The maximum atomic E-state index is 14.6. The second kappa shape index (κ2) is 10.8. The van der Waals surface area contributed by atoms with E-state index >= 15 is 0 Å². The Balaban J connectivity index is 1.49. The van der Waals surface area contributed by atoms with Crippen LogP contribution in [0.4, 0.5) is 13.2 Å². The number of aliphatic carboxylic acids is 1. The third-order valence-corrected chi connectivity index (χ3v) is 10.6. The van der Waals surface area contributed by atoms with Crippen LogP contribution in [0.1, 0.15) is 104 Å². The molecular formula is C30H34Cl2F3N3O4. The minimum atomic E-state index is -4.91. The second-order valence-electron chi connectivity index (χ2n) is 13.1. The molecule has 5 rings (SSSR count). The van der Waals surface area contributed by atoms with Crippen molar-refractivity contribution in [3.05, 3.63) is 51.3 Å². The Bertz CT molecular complexity index is 1390. The van der Waals surface area contributed by atoms with Crippen molar-refractivity contribution >= 4 is 40.9 Å². The normalized spacial score (nSPS) is 29.1. The summed E-state index contributed by atoms with van der Waals surface area (Å²) in [6.07, 6.45) is 1.16. The van der Waals surface area contributed by atoms with Crippen LogP contribution in [0.3, 0.4) is 0 Å². The van der Waals surface area contributed by atoms with E-state index in [1.54, 1.807) is 13.0 Å². The number of ketones is 1. The van der Waals surface area contributed by atoms with Gasteiger partial charge in [0.05, 0.1) is 45.4 Å². The summed E-state index contributed by atoms with van der Waals surface area (Å²) < 4.78 is 44.7. The number of carbonyl (C=O) groups is 3. The molecule has 7 nitrogen and oxygen atoms in total. The maximum absolute atomic E-state index is 14.6. The summed E-state index contributed by atoms with van der Waals surface area (Å²) in [6.45, 7) is 3.43. The first-order chi connectivity index (χ1) is 19.6. The molecule has 228 valence electrons. The van der Waals surface area contributed by atoms with Gasteiger partial charge in [0, 0.05) is 6.54 Å². The number of carboxylic acids is 1. The van der Waals surface area contributed by atoms with E-state index in [4.69, 9.17) is 23.2 Å². The molecule has 0 saturated heterocycles. The zero-order chi connectivity index (χ0) is 30.7. The molecule has 1 aromatic heterocycles. The minimum Gasteiger partial charge on any atom is -0.481 e. The SMILES string of the molecule is CC12CCC(CN(CC(=O)c3c(Cl)cccc3Cl)C(=O)c3cnn(C4CCC(C)(C(=O)O)CC4)c3C(F)(F)F)(CC1)C2. The third kappa shape index (κ3) is 5.68. The highest BCUT2D eigenvalue weighted by atomic mass is 35.5. The van der Waals surface area contributed by atoms with Crippen LogP contribution in [0.15, 0.2) is 24.4 Å². The highest BCUT2D eigenvalue weighted by Crippen LogP contribution is 2.61. The summed E-state index contributed by atoms with van der Waals surface area (Å²) in [5.74, 6) is -2.47. The zero-order valence-electron chi connectivity index (χ0n) is 23.6. The fraction of sp³-hybridized carbons (Fsp3) is 0.600. The Morgan fingerprint density at radius 2 is 1.64 bits per heavy atom. The van der Waals surface area contributed by atoms with E-state index in [9.17, 15) is 32.7 Å². The van der Waals surface area contributed by atoms with Crippen molar-refractivity contribution in [1.29, 1.82) is 0 Å². The van der Waals surface area contributed by atoms with Crippen LogP contribution in [0.25, 0.3) is 0 Å². The quantitative estimate of drug-likeness (QED) is 0.303. The highest BCUT2D eigenvalue weighted by Gasteiger charge is 2.53. The summed E-state index contributed by atoms with van der Waals surface area (Å²) in [7, 11) is 0. The topological polar surface area (TPSA) is 92.5 Å². The van der Waals surface area contributed by atoms with E-state index in [1.165, 1.54) is 17.0 Å². The molecule has 3 fully saturated rings. The second-order valence-corrected chi connectivity index (χ2v) is 13.9. The Hall–Kier alpha value is -2.59. The van der Waals surface area contributed by atoms with Crippen LogP contribution in [0.2, 0.25) is 10.0 Å². The lowest BCUT2D eigenvalue weighted by Gasteiger charge is -2.35. The molecule has 1 aromatic carbocycles. The van der Waals surface area contributed by atoms with Crippen molar-refractivity contribution < 1.29 is 32.7 Å². The predicted molar refractivity (Wildman–Crippen MR) is 151 cm³/mol. The third-order valence-electron chi connectivity index (χ3n) is 9.92. The van der Waals surface area contributed by atoms with Gasteiger partial charge in [0.1, 0.15) is 0 Å². The number of fused-ring (bicyclic) bond motifs is 2. The lowest BCUT2D eigenvalue weighted by molar-refractivity contribution is -0.152. The molecule has 3 saturated carbocycles. The molecule has 2 bridgehead atoms. The number of carbonyl (C=O) groups excluding carboxylic acids is 2. The molecule has 0 radical (unpaired) electrons. The van der Waals surface area contributed by atoms with Crippen LogP contribution >= 0.6 is 23.2 Å². The Morgan fingerprint density at radius 3 is 2.14 bits per heavy atom. The van der Waals surface area contributed by atoms with Crippen molar-refractivity contribution in [3.8, 4) is 0 Å². The van der Waals surface area contributed by atoms with E-state index in [-0.39, 0.29) is 58.7 Å². The van der Waals surface area contributed by atoms with Gasteiger partial charge in [0.25, 0.3) is 5.91 Å². The summed E-state index contributed by atoms with van der Waals surface area (Å²) in [5.41, 5.74) is -2.96. The molecule has 3 aliphatic rings. The zero-order valence-corrected chi connectivity index (χ0v) is 25.1. The van der Waals surface area contributed by atoms with Gasteiger partial charge in [-0.25, -0.2) is 0 Å². The Morgan fingerprint density at radius 1 is 1.05 bits per heavy atom. The van der Waals surface area contributed by atoms with Crippen molar-refractivity contribution in [2.45, 2.75) is 83.9 Å². The molecule has 3 aliphatic carbocycles. The van der Waals surface area contributed by atoms with Crippen molar-refractivity contribution in [2.75, 3.05) is 13.1 Å². The first-order valence-electron chi connectivity index (χ1n) is 14.2. The van der Waals surface area contributed by atoms with E-state index < -0.39 is 53.1 Å². The van der Waals surface area contributed by atoms with Gasteiger partial charge in [-0.3, -0.25) is 19.1 Å². The standard InChI is InChI=1S/C30H34Cl2F3N3O4/c1-27-10-12-29(16-27,13-11-27)17-37(15-22(39)23-20(31)4-3-5-21(23)32)25(40)19-14-36-38(24(19)30(33,34)35)18-6-8-28(2,9-7-18)26(41)42/h3-5,14,18H,6-13,15-17H2,1-2H3,(H,41,42). The van der Waals surface area contributed by atoms with Crippen molar-refractivity contribution in [1.82, 2.24) is 14.7 Å². The van der Waals surface area contributed by atoms with E-state index in [1.807, 2.05) is 0 Å². The van der Waals surface area contributed by atoms with Gasteiger partial charge in [-0.1, -0.05) is 36.2 Å². The fourth-order valence-corrected chi connectivity index (χ4v) is 8.03. The van der Waals surface area contributed by atoms with Gasteiger partial charge in [-0.05, 0) is 87.7 Å². The van der Waals surface area contributed by atoms with Gasteiger partial charge in [0.15, 0.2) is 11.5 Å². The number of hydrogen-bond acceptors (Lipinski definition) is 4. The summed E-state index contributed by atoms with van der Waals surface area (Å²) >= 11 is 12.5. The Labute approximate surface area is 252 Å². The van der Waals surface area contributed by atoms with Gasteiger partial charge < -0.3 is 10.0 Å². The fourth-order valence-electron chi connectivity index (χ4n) is 7.42. The monoisotopic (exact) mass is 627 g/mol. The van der Waals surface area contributed by atoms with Crippen LogP contribution < -0.4 is 0 Å². The smallest absolute Gasteiger partial charge is 0.433 e. The average Bonchev–Trinajstić information content (AvgIpc) is 3.59. The average molecular weight is 629 g/mol. The lowest BCUT2D eigenvalue weighted by Crippen LogP contribution is -2.43. The molecule has 0 spiro atoms. The number of benzene rings is 1. The van der Waals surface area contributed by atoms with Gasteiger partial charge in [0.2, 0.25) is 0 Å². The molecule has 42 heavy (non-hydrogen) atoms. The number of carboxylic acid groups (broad SMARTS) is 1. The predicted octanol–water partition coefficient (Wildman–Crippen LogP) is 7.71. The molecule has 1 amide bonds. The van der Waals surface area contributed by atoms with Gasteiger partial charge >= 0.3 is 12.1 Å². The lowest BCUT2D eigenvalue weighted by atomic mass is 9.74. The van der Waals surface area contributed by atoms with Crippen LogP contribution in [-0.2, 0) is 11.0 Å². The van der Waals surface area contributed by atoms with E-state index in [0.29, 0.717) is 0 Å². The summed E-state index contributed by atoms with van der Waals surface area (Å²) in [6, 6.07) is 3.86.